The fourth-order valence-electron chi connectivity index (χ4n) is 5.22. The van der Waals surface area contributed by atoms with Crippen LogP contribution in [0.3, 0.4) is 0 Å². The van der Waals surface area contributed by atoms with Crippen molar-refractivity contribution in [1.29, 1.82) is 0 Å². The van der Waals surface area contributed by atoms with Crippen LogP contribution in [0.15, 0.2) is 107 Å². The zero-order valence-electron chi connectivity index (χ0n) is 26.7. The Labute approximate surface area is 284 Å². The van der Waals surface area contributed by atoms with E-state index in [9.17, 15) is 36.7 Å². The molecule has 4 rings (SSSR count). The number of rotatable bonds is 11. The molecule has 0 aromatic heterocycles. The van der Waals surface area contributed by atoms with Crippen LogP contribution in [0.1, 0.15) is 34.3 Å². The van der Waals surface area contributed by atoms with E-state index in [0.717, 1.165) is 36.4 Å². The number of aliphatic hydroxyl groups excluding tert-OH is 1. The Bertz CT molecular complexity index is 1810. The SMILES string of the molecule is CCN1C(=O)C(NC(=O)c2cccc(C(F)(F)F)c2)C(c2ccc(F)cc2)/C(=C(/N)CNC(=O)/C=C/C(=O)NCCO)C1=Nc1ccccc1. The maximum absolute atomic E-state index is 14.2. The minimum Gasteiger partial charge on any atom is -0.400 e. The summed E-state index contributed by atoms with van der Waals surface area (Å²) >= 11 is 0. The van der Waals surface area contributed by atoms with Gasteiger partial charge in [-0.15, -0.1) is 0 Å². The van der Waals surface area contributed by atoms with Gasteiger partial charge in [0, 0.05) is 48.0 Å². The summed E-state index contributed by atoms with van der Waals surface area (Å²) in [7, 11) is 0. The van der Waals surface area contributed by atoms with E-state index < -0.39 is 53.1 Å². The van der Waals surface area contributed by atoms with Gasteiger partial charge in [0.1, 0.15) is 17.7 Å². The Morgan fingerprint density at radius 2 is 1.62 bits per heavy atom. The van der Waals surface area contributed by atoms with E-state index in [1.54, 1.807) is 37.3 Å². The number of hydrogen-bond acceptors (Lipinski definition) is 7. The second-order valence-corrected chi connectivity index (χ2v) is 10.9. The van der Waals surface area contributed by atoms with Crippen LogP contribution in [0.5, 0.6) is 0 Å². The number of aliphatic imine (C=N–C) groups is 1. The first-order valence-electron chi connectivity index (χ1n) is 15.4. The molecule has 0 aliphatic carbocycles. The molecule has 0 spiro atoms. The largest absolute Gasteiger partial charge is 0.416 e. The zero-order valence-corrected chi connectivity index (χ0v) is 26.7. The van der Waals surface area contributed by atoms with Gasteiger partial charge in [0.25, 0.3) is 11.8 Å². The number of nitrogens with two attached hydrogens (primary N) is 1. The van der Waals surface area contributed by atoms with E-state index in [1.165, 1.54) is 23.1 Å². The Balaban J connectivity index is 1.84. The number of alkyl halides is 3. The molecule has 11 nitrogen and oxygen atoms in total. The topological polar surface area (TPSA) is 166 Å². The van der Waals surface area contributed by atoms with Gasteiger partial charge in [-0.1, -0.05) is 36.4 Å². The van der Waals surface area contributed by atoms with Crippen molar-refractivity contribution in [2.75, 3.05) is 26.2 Å². The predicted octanol–water partition coefficient (Wildman–Crippen LogP) is 3.31. The van der Waals surface area contributed by atoms with E-state index in [1.807, 2.05) is 0 Å². The van der Waals surface area contributed by atoms with Crippen LogP contribution < -0.4 is 21.7 Å². The number of nitrogens with one attached hydrogen (secondary N) is 3. The van der Waals surface area contributed by atoms with Crippen molar-refractivity contribution < 1.29 is 41.8 Å². The molecule has 1 aliphatic heterocycles. The zero-order chi connectivity index (χ0) is 36.4. The highest BCUT2D eigenvalue weighted by molar-refractivity contribution is 6.16. The van der Waals surface area contributed by atoms with Crippen molar-refractivity contribution in [3.63, 3.8) is 0 Å². The maximum Gasteiger partial charge on any atom is 0.416 e. The summed E-state index contributed by atoms with van der Waals surface area (Å²) in [6.45, 7) is 1.01. The standard InChI is InChI=1S/C35H34F4N6O5/c1-2-45-32(43-25-9-4-3-5-10-25)30(26(40)20-42-28(48)16-15-27(47)41-17-18-46)29(21-11-13-24(36)14-12-21)31(34(45)50)44-33(49)22-7-6-8-23(19-22)35(37,38)39/h3-16,19,29,31,46H,2,17-18,20,40H2,1H3,(H,41,47)(H,42,48)(H,44,49)/b16-15+,30-26-,43-32?. The van der Waals surface area contributed by atoms with Crippen LogP contribution in [-0.4, -0.2) is 71.8 Å². The lowest BCUT2D eigenvalue weighted by Crippen LogP contribution is -2.59. The highest BCUT2D eigenvalue weighted by atomic mass is 19.4. The third kappa shape index (κ3) is 9.19. The van der Waals surface area contributed by atoms with Crippen LogP contribution in [0.4, 0.5) is 23.2 Å². The number of nitrogens with zero attached hydrogens (tertiary/aromatic N) is 2. The molecule has 4 amide bonds. The number of hydrogen-bond donors (Lipinski definition) is 5. The molecule has 3 aromatic carbocycles. The molecule has 15 heteroatoms. The molecule has 6 N–H and O–H groups in total. The summed E-state index contributed by atoms with van der Waals surface area (Å²) < 4.78 is 54.6. The number of amides is 4. The van der Waals surface area contributed by atoms with Crippen molar-refractivity contribution in [1.82, 2.24) is 20.9 Å². The van der Waals surface area contributed by atoms with Gasteiger partial charge in [-0.25, -0.2) is 9.38 Å². The second kappa shape index (κ2) is 16.5. The minimum absolute atomic E-state index is 0.0176. The summed E-state index contributed by atoms with van der Waals surface area (Å²) in [5.74, 6) is -4.72. The monoisotopic (exact) mass is 694 g/mol. The summed E-state index contributed by atoms with van der Waals surface area (Å²) in [4.78, 5) is 58.2. The molecular weight excluding hydrogens is 660 g/mol. The number of likely N-dealkylation sites (tertiary alicyclic amines) is 1. The molecule has 0 saturated carbocycles. The summed E-state index contributed by atoms with van der Waals surface area (Å²) in [5.41, 5.74) is 6.09. The molecule has 1 aliphatic rings. The first kappa shape index (κ1) is 37.0. The van der Waals surface area contributed by atoms with Gasteiger partial charge in [0.2, 0.25) is 11.8 Å². The lowest BCUT2D eigenvalue weighted by atomic mass is 9.78. The predicted molar refractivity (Wildman–Crippen MR) is 176 cm³/mol. The third-order valence-electron chi connectivity index (χ3n) is 7.54. The number of para-hydroxylation sites is 1. The Morgan fingerprint density at radius 1 is 0.960 bits per heavy atom. The van der Waals surface area contributed by atoms with E-state index in [0.29, 0.717) is 17.3 Å². The second-order valence-electron chi connectivity index (χ2n) is 10.9. The highest BCUT2D eigenvalue weighted by Crippen LogP contribution is 2.38. The number of carbonyl (C=O) groups excluding carboxylic acids is 4. The molecule has 2 unspecified atom stereocenters. The summed E-state index contributed by atoms with van der Waals surface area (Å²) in [6.07, 6.45) is -2.83. The van der Waals surface area contributed by atoms with Gasteiger partial charge >= 0.3 is 6.18 Å². The van der Waals surface area contributed by atoms with Gasteiger partial charge in [0.15, 0.2) is 0 Å². The minimum atomic E-state index is -4.73. The quantitative estimate of drug-likeness (QED) is 0.153. The Morgan fingerprint density at radius 3 is 2.24 bits per heavy atom. The van der Waals surface area contributed by atoms with E-state index in [2.05, 4.69) is 16.0 Å². The first-order valence-corrected chi connectivity index (χ1v) is 15.4. The van der Waals surface area contributed by atoms with Crippen molar-refractivity contribution in [2.45, 2.75) is 25.1 Å². The lowest BCUT2D eigenvalue weighted by molar-refractivity contribution is -0.137. The maximum atomic E-state index is 14.2. The van der Waals surface area contributed by atoms with Gasteiger partial charge in [-0.05, 0) is 55.0 Å². The molecule has 1 fully saturated rings. The molecule has 1 heterocycles. The van der Waals surface area contributed by atoms with E-state index in [-0.39, 0.29) is 48.9 Å². The van der Waals surface area contributed by atoms with Crippen LogP contribution >= 0.6 is 0 Å². The molecule has 50 heavy (non-hydrogen) atoms. The smallest absolute Gasteiger partial charge is 0.400 e. The summed E-state index contributed by atoms with van der Waals surface area (Å²) in [5, 5.41) is 16.3. The van der Waals surface area contributed by atoms with Crippen molar-refractivity contribution in [3.8, 4) is 0 Å². The van der Waals surface area contributed by atoms with Gasteiger partial charge in [-0.3, -0.25) is 24.1 Å². The first-order chi connectivity index (χ1) is 23.8. The number of aliphatic hydroxyl groups is 1. The highest BCUT2D eigenvalue weighted by Gasteiger charge is 2.46. The molecule has 2 atom stereocenters. The van der Waals surface area contributed by atoms with Crippen LogP contribution in [0.2, 0.25) is 0 Å². The molecule has 3 aromatic rings. The normalized spacial score (nSPS) is 18.2. The summed E-state index contributed by atoms with van der Waals surface area (Å²) in [6, 6.07) is 15.8. The molecule has 0 bridgehead atoms. The van der Waals surface area contributed by atoms with E-state index >= 15 is 0 Å². The molecule has 262 valence electrons. The number of likely N-dealkylation sites (N-methyl/N-ethyl adjacent to an activating group) is 1. The van der Waals surface area contributed by atoms with Gasteiger partial charge in [-0.2, -0.15) is 13.2 Å². The lowest BCUT2D eigenvalue weighted by Gasteiger charge is -2.41. The number of piperidine rings is 1. The van der Waals surface area contributed by atoms with Gasteiger partial charge < -0.3 is 26.8 Å². The number of benzene rings is 3. The Kier molecular flexibility index (Phi) is 12.2. The number of carbonyl (C=O) groups is 4. The molecule has 0 radical (unpaired) electrons. The van der Waals surface area contributed by atoms with Crippen LogP contribution in [-0.2, 0) is 20.6 Å². The molecule has 1 saturated heterocycles. The average Bonchev–Trinajstić information content (AvgIpc) is 3.10. The van der Waals surface area contributed by atoms with Crippen molar-refractivity contribution >= 4 is 35.2 Å². The third-order valence-corrected chi connectivity index (χ3v) is 7.54. The number of halogens is 4. The van der Waals surface area contributed by atoms with Crippen molar-refractivity contribution in [2.24, 2.45) is 10.7 Å². The van der Waals surface area contributed by atoms with Gasteiger partial charge in [0.05, 0.1) is 24.4 Å². The number of amidine groups is 1. The van der Waals surface area contributed by atoms with Crippen molar-refractivity contribution in [3.05, 3.63) is 125 Å². The molecular formula is C35H34F4N6O5. The Hall–Kier alpha value is -5.83. The average molecular weight is 695 g/mol. The van der Waals surface area contributed by atoms with Crippen LogP contribution in [0, 0.1) is 5.82 Å². The fraction of sp³-hybridized carbons (Fsp3) is 0.229. The van der Waals surface area contributed by atoms with E-state index in [4.69, 9.17) is 15.8 Å². The van der Waals surface area contributed by atoms with Crippen LogP contribution in [0.25, 0.3) is 0 Å². The fourth-order valence-corrected chi connectivity index (χ4v) is 5.22.